The Hall–Kier alpha value is -7.43. The van der Waals surface area contributed by atoms with E-state index in [4.69, 9.17) is 13.3 Å². The van der Waals surface area contributed by atoms with Gasteiger partial charge in [-0.15, -0.1) is 0 Å². The zero-order valence-electron chi connectivity index (χ0n) is 33.0. The van der Waals surface area contributed by atoms with E-state index in [1.807, 2.05) is 62.4 Å². The SMILES string of the molecule is C=C/C=C(C=C)/C(=C/CC1=C(c2ccc3oc4ccccc4c3c2)/C=C/C=C/c2c(oc(C=C)c2/C=C\C)\C=C/C=C\1c1ccc2oc(C=C)c(/C=C\C)c2c1)N=C. The summed E-state index contributed by atoms with van der Waals surface area (Å²) in [6.45, 7) is 23.9. The van der Waals surface area contributed by atoms with Gasteiger partial charge in [0.25, 0.3) is 0 Å². The fraction of sp³-hybridized carbons (Fsp3) is 0.0556. The van der Waals surface area contributed by atoms with Crippen LogP contribution in [0.15, 0.2) is 189 Å². The summed E-state index contributed by atoms with van der Waals surface area (Å²) in [5, 5.41) is 3.08. The van der Waals surface area contributed by atoms with Crippen molar-refractivity contribution in [2.75, 3.05) is 0 Å². The zero-order chi connectivity index (χ0) is 40.6. The maximum atomic E-state index is 6.38. The number of fused-ring (bicyclic) bond motifs is 5. The second-order valence-electron chi connectivity index (χ2n) is 13.5. The summed E-state index contributed by atoms with van der Waals surface area (Å²) >= 11 is 0. The number of nitrogens with zero attached hydrogens (tertiary/aromatic N) is 1. The van der Waals surface area contributed by atoms with Crippen LogP contribution in [0.1, 0.15) is 65.4 Å². The molecule has 0 radical (unpaired) electrons. The Bertz CT molecular complexity index is 2910. The van der Waals surface area contributed by atoms with Gasteiger partial charge in [0, 0.05) is 32.8 Å². The lowest BCUT2D eigenvalue weighted by molar-refractivity contribution is 0.546. The highest BCUT2D eigenvalue weighted by Gasteiger charge is 2.19. The third kappa shape index (κ3) is 7.56. The minimum Gasteiger partial charge on any atom is -0.456 e. The van der Waals surface area contributed by atoms with Crippen LogP contribution in [0, 0.1) is 0 Å². The van der Waals surface area contributed by atoms with Gasteiger partial charge in [-0.3, -0.25) is 4.99 Å². The van der Waals surface area contributed by atoms with Crippen LogP contribution in [0.4, 0.5) is 0 Å². The molecule has 0 bridgehead atoms. The van der Waals surface area contributed by atoms with Gasteiger partial charge < -0.3 is 13.3 Å². The Morgan fingerprint density at radius 2 is 1.38 bits per heavy atom. The summed E-state index contributed by atoms with van der Waals surface area (Å²) in [4.78, 5) is 4.44. The van der Waals surface area contributed by atoms with Gasteiger partial charge in [0.05, 0.1) is 5.70 Å². The van der Waals surface area contributed by atoms with Crippen molar-refractivity contribution in [1.29, 1.82) is 0 Å². The molecule has 0 atom stereocenters. The van der Waals surface area contributed by atoms with Crippen LogP contribution in [0.3, 0.4) is 0 Å². The molecule has 0 saturated heterocycles. The molecule has 58 heavy (non-hydrogen) atoms. The average molecular weight is 756 g/mol. The van der Waals surface area contributed by atoms with Gasteiger partial charge in [-0.25, -0.2) is 0 Å². The van der Waals surface area contributed by atoms with Gasteiger partial charge in [0.15, 0.2) is 0 Å². The first-order valence-corrected chi connectivity index (χ1v) is 19.2. The lowest BCUT2D eigenvalue weighted by atomic mass is 9.86. The van der Waals surface area contributed by atoms with Gasteiger partial charge in [-0.05, 0) is 109 Å². The molecule has 3 aromatic carbocycles. The molecule has 0 amide bonds. The number of allylic oxidation sites excluding steroid dienone is 14. The first-order chi connectivity index (χ1) is 28.5. The van der Waals surface area contributed by atoms with E-state index in [-0.39, 0.29) is 0 Å². The van der Waals surface area contributed by atoms with Crippen molar-refractivity contribution in [3.63, 3.8) is 0 Å². The molecular formula is C54H45NO3. The average Bonchev–Trinajstić information content (AvgIpc) is 3.91. The molecule has 0 fully saturated rings. The number of para-hydroxylation sites is 1. The Labute approximate surface area is 340 Å². The predicted molar refractivity (Wildman–Crippen MR) is 251 cm³/mol. The van der Waals surface area contributed by atoms with E-state index in [0.717, 1.165) is 94.5 Å². The Morgan fingerprint density at radius 1 is 0.690 bits per heavy atom. The molecule has 4 heteroatoms. The quantitative estimate of drug-likeness (QED) is 0.0923. The maximum absolute atomic E-state index is 6.38. The van der Waals surface area contributed by atoms with Crippen LogP contribution in [-0.2, 0) is 0 Å². The van der Waals surface area contributed by atoms with E-state index < -0.39 is 0 Å². The minimum absolute atomic E-state index is 0.491. The third-order valence-electron chi connectivity index (χ3n) is 10.1. The first kappa shape index (κ1) is 38.8. The first-order valence-electron chi connectivity index (χ1n) is 19.2. The van der Waals surface area contributed by atoms with E-state index in [2.05, 4.69) is 129 Å². The second-order valence-corrected chi connectivity index (χ2v) is 13.5. The Kier molecular flexibility index (Phi) is 11.8. The van der Waals surface area contributed by atoms with E-state index in [9.17, 15) is 0 Å². The lowest BCUT2D eigenvalue weighted by Gasteiger charge is -2.18. The summed E-state index contributed by atoms with van der Waals surface area (Å²) in [6.07, 6.45) is 34.3. The lowest BCUT2D eigenvalue weighted by Crippen LogP contribution is -1.97. The monoisotopic (exact) mass is 755 g/mol. The topological polar surface area (TPSA) is 51.8 Å². The van der Waals surface area contributed by atoms with Crippen LogP contribution in [0.25, 0.3) is 80.5 Å². The summed E-state index contributed by atoms with van der Waals surface area (Å²) in [5.74, 6) is 2.16. The molecule has 0 unspecified atom stereocenters. The van der Waals surface area contributed by atoms with Crippen LogP contribution in [0.2, 0.25) is 0 Å². The molecule has 7 rings (SSSR count). The van der Waals surface area contributed by atoms with Crippen molar-refractivity contribution in [3.8, 4) is 0 Å². The Balaban J connectivity index is 1.58. The molecule has 0 spiro atoms. The number of aliphatic imine (C=N–C) groups is 1. The van der Waals surface area contributed by atoms with Crippen molar-refractivity contribution in [3.05, 3.63) is 216 Å². The van der Waals surface area contributed by atoms with Gasteiger partial charge >= 0.3 is 0 Å². The highest BCUT2D eigenvalue weighted by atomic mass is 16.3. The van der Waals surface area contributed by atoms with Gasteiger partial charge in [-0.2, -0.15) is 0 Å². The number of furan rings is 3. The van der Waals surface area contributed by atoms with Crippen LogP contribution < -0.4 is 0 Å². The van der Waals surface area contributed by atoms with Crippen molar-refractivity contribution in [2.24, 2.45) is 4.99 Å². The van der Waals surface area contributed by atoms with Crippen molar-refractivity contribution >= 4 is 87.2 Å². The molecule has 0 aliphatic heterocycles. The number of hydrogen-bond acceptors (Lipinski definition) is 4. The molecule has 4 nitrogen and oxygen atoms in total. The van der Waals surface area contributed by atoms with Gasteiger partial charge in [0.2, 0.25) is 0 Å². The second kappa shape index (κ2) is 17.6. The molecule has 1 aliphatic carbocycles. The van der Waals surface area contributed by atoms with Crippen LogP contribution in [0.5, 0.6) is 0 Å². The molecule has 6 aromatic rings. The summed E-state index contributed by atoms with van der Waals surface area (Å²) < 4.78 is 18.9. The largest absolute Gasteiger partial charge is 0.456 e. The highest BCUT2D eigenvalue weighted by Crippen LogP contribution is 2.40. The standard InChI is InChI=1S/C54H45NO3/c1-8-19-36(11-4)48(55-7)31-30-41-39(37-29-33-54-47(35-37)45-24-16-17-26-51(45)58-54)22-14-15-23-44-42(20-9-2)49(12-5)56-52(44)27-18-25-40(41)38-28-32-53-46(34-38)43(21-10-3)50(13-6)57-53/h8-29,31-35H,1,4-7,30H2,2-3H3/b15-14?,20-9-,21-10-,22-14+,23-15+,25-18?,27-18-,36-19+,39-22?,40-25-,41-39+,41-40?,44-23?,48-31-,52-27?. The summed E-state index contributed by atoms with van der Waals surface area (Å²) in [5.41, 5.74) is 12.0. The third-order valence-corrected chi connectivity index (χ3v) is 10.1. The zero-order valence-corrected chi connectivity index (χ0v) is 33.0. The van der Waals surface area contributed by atoms with E-state index >= 15 is 0 Å². The molecule has 1 aliphatic rings. The van der Waals surface area contributed by atoms with Crippen LogP contribution in [-0.4, -0.2) is 6.72 Å². The smallest absolute Gasteiger partial charge is 0.135 e. The van der Waals surface area contributed by atoms with E-state index in [0.29, 0.717) is 17.9 Å². The number of hydrogen-bond donors (Lipinski definition) is 0. The fourth-order valence-electron chi connectivity index (χ4n) is 7.47. The summed E-state index contributed by atoms with van der Waals surface area (Å²) in [6, 6.07) is 20.9. The molecule has 3 aromatic heterocycles. The maximum Gasteiger partial charge on any atom is 0.135 e. The van der Waals surface area contributed by atoms with Crippen molar-refractivity contribution in [1.82, 2.24) is 0 Å². The normalized spacial score (nSPS) is 17.8. The minimum atomic E-state index is 0.491. The fourth-order valence-corrected chi connectivity index (χ4v) is 7.47. The highest BCUT2D eigenvalue weighted by molar-refractivity contribution is 6.07. The number of benzene rings is 3. The predicted octanol–water partition coefficient (Wildman–Crippen LogP) is 15.7. The number of rotatable bonds is 12. The molecule has 0 saturated carbocycles. The van der Waals surface area contributed by atoms with Crippen molar-refractivity contribution < 1.29 is 13.3 Å². The van der Waals surface area contributed by atoms with Crippen LogP contribution >= 0.6 is 0 Å². The summed E-state index contributed by atoms with van der Waals surface area (Å²) in [7, 11) is 0. The molecule has 284 valence electrons. The van der Waals surface area contributed by atoms with E-state index in [1.54, 1.807) is 24.3 Å². The molecule has 0 N–H and O–H groups in total. The Morgan fingerprint density at radius 3 is 2.12 bits per heavy atom. The van der Waals surface area contributed by atoms with Gasteiger partial charge in [-0.1, -0.05) is 142 Å². The van der Waals surface area contributed by atoms with Gasteiger partial charge in [0.1, 0.15) is 34.0 Å². The molecular weight excluding hydrogens is 711 g/mol. The molecule has 3 heterocycles. The van der Waals surface area contributed by atoms with Crippen molar-refractivity contribution in [2.45, 2.75) is 20.3 Å². The van der Waals surface area contributed by atoms with E-state index in [1.165, 1.54) is 0 Å².